The van der Waals surface area contributed by atoms with E-state index in [1.165, 1.54) is 0 Å². The number of rotatable bonds is 8. The summed E-state index contributed by atoms with van der Waals surface area (Å²) in [5.41, 5.74) is 1.65. The van der Waals surface area contributed by atoms with Crippen LogP contribution in [0.4, 0.5) is 0 Å². The van der Waals surface area contributed by atoms with Gasteiger partial charge in [-0.15, -0.1) is 11.7 Å². The van der Waals surface area contributed by atoms with Crippen LogP contribution in [0.3, 0.4) is 0 Å². The highest BCUT2D eigenvalue weighted by molar-refractivity contribution is 6.30. The molecular formula is C18H21ClN4O. The lowest BCUT2D eigenvalue weighted by Crippen LogP contribution is -2.51. The molecule has 126 valence electrons. The molecule has 0 spiro atoms. The first-order valence-corrected chi connectivity index (χ1v) is 8.62. The Hall–Kier alpha value is -2.14. The Balaban J connectivity index is 1.59. The summed E-state index contributed by atoms with van der Waals surface area (Å²) in [5, 5.41) is 8.97. The summed E-state index contributed by atoms with van der Waals surface area (Å²) in [4.78, 5) is 13.8. The molecule has 1 saturated heterocycles. The number of hydrogen-bond donors (Lipinski definition) is 0. The second-order valence-electron chi connectivity index (χ2n) is 6.09. The highest BCUT2D eigenvalue weighted by atomic mass is 35.5. The summed E-state index contributed by atoms with van der Waals surface area (Å²) in [6.07, 6.45) is 8.78. The van der Waals surface area contributed by atoms with Crippen molar-refractivity contribution in [2.24, 2.45) is 0 Å². The van der Waals surface area contributed by atoms with Crippen molar-refractivity contribution in [3.8, 4) is 5.69 Å². The van der Waals surface area contributed by atoms with Crippen molar-refractivity contribution >= 4 is 17.5 Å². The zero-order valence-corrected chi connectivity index (χ0v) is 14.3. The van der Waals surface area contributed by atoms with Gasteiger partial charge in [0.2, 0.25) is 5.91 Å². The summed E-state index contributed by atoms with van der Waals surface area (Å²) in [6, 6.07) is 7.77. The van der Waals surface area contributed by atoms with Crippen molar-refractivity contribution in [1.29, 1.82) is 0 Å². The molecule has 5 nitrogen and oxygen atoms in total. The van der Waals surface area contributed by atoms with Gasteiger partial charge in [0.05, 0.1) is 18.4 Å². The molecule has 24 heavy (non-hydrogen) atoms. The number of β-lactam (4-membered cyclic amide) rings is 1. The molecule has 1 amide bonds. The Morgan fingerprint density at radius 2 is 2.25 bits per heavy atom. The van der Waals surface area contributed by atoms with Crippen molar-refractivity contribution in [2.45, 2.75) is 44.7 Å². The molecule has 1 aliphatic heterocycles. The monoisotopic (exact) mass is 344 g/mol. The third-order valence-electron chi connectivity index (χ3n) is 4.31. The number of carbonyl (C=O) groups excluding carboxylic acids is 1. The van der Waals surface area contributed by atoms with E-state index in [1.807, 2.05) is 41.4 Å². The van der Waals surface area contributed by atoms with Crippen molar-refractivity contribution in [3.05, 3.63) is 53.8 Å². The summed E-state index contributed by atoms with van der Waals surface area (Å²) < 4.78 is 1.69. The fraction of sp³-hybridized carbons (Fsp3) is 0.389. The number of aromatic nitrogens is 3. The van der Waals surface area contributed by atoms with Gasteiger partial charge in [0.25, 0.3) is 0 Å². The predicted molar refractivity (Wildman–Crippen MR) is 94.0 cm³/mol. The SMILES string of the molecule is C=CCCCCC1CC(=O)N1Cc1cn(-c2cccc(Cl)c2)nn1. The molecule has 0 aliphatic carbocycles. The number of hydrogen-bond acceptors (Lipinski definition) is 3. The van der Waals surface area contributed by atoms with Crippen molar-refractivity contribution < 1.29 is 4.79 Å². The maximum atomic E-state index is 11.9. The lowest BCUT2D eigenvalue weighted by atomic mass is 9.95. The highest BCUT2D eigenvalue weighted by Gasteiger charge is 2.35. The first kappa shape index (κ1) is 16.7. The number of allylic oxidation sites excluding steroid dienone is 1. The highest BCUT2D eigenvalue weighted by Crippen LogP contribution is 2.26. The molecule has 2 heterocycles. The molecule has 1 aromatic carbocycles. The summed E-state index contributed by atoms with van der Waals surface area (Å²) >= 11 is 6.01. The largest absolute Gasteiger partial charge is 0.333 e. The first-order chi connectivity index (χ1) is 11.7. The minimum atomic E-state index is 0.195. The Morgan fingerprint density at radius 3 is 3.00 bits per heavy atom. The van der Waals surface area contributed by atoms with E-state index in [0.717, 1.165) is 37.1 Å². The van der Waals surface area contributed by atoms with Crippen LogP contribution in [0, 0.1) is 0 Å². The molecular weight excluding hydrogens is 324 g/mol. The van der Waals surface area contributed by atoms with E-state index in [0.29, 0.717) is 24.0 Å². The maximum absolute atomic E-state index is 11.9. The molecule has 0 radical (unpaired) electrons. The average molecular weight is 345 g/mol. The molecule has 0 saturated carbocycles. The van der Waals surface area contributed by atoms with Crippen LogP contribution in [0.15, 0.2) is 43.1 Å². The lowest BCUT2D eigenvalue weighted by molar-refractivity contribution is -0.147. The lowest BCUT2D eigenvalue weighted by Gasteiger charge is -2.40. The third kappa shape index (κ3) is 3.85. The minimum absolute atomic E-state index is 0.195. The van der Waals surface area contributed by atoms with Gasteiger partial charge in [0.1, 0.15) is 5.69 Å². The van der Waals surface area contributed by atoms with Gasteiger partial charge in [0.15, 0.2) is 0 Å². The smallest absolute Gasteiger partial charge is 0.225 e. The molecule has 2 aromatic rings. The minimum Gasteiger partial charge on any atom is -0.333 e. The van der Waals surface area contributed by atoms with Crippen LogP contribution in [0.5, 0.6) is 0 Å². The molecule has 3 rings (SSSR count). The van der Waals surface area contributed by atoms with Gasteiger partial charge in [-0.2, -0.15) is 0 Å². The van der Waals surface area contributed by atoms with Gasteiger partial charge in [-0.3, -0.25) is 4.79 Å². The van der Waals surface area contributed by atoms with E-state index in [-0.39, 0.29) is 5.91 Å². The van der Waals surface area contributed by atoms with Crippen LogP contribution < -0.4 is 0 Å². The van der Waals surface area contributed by atoms with Crippen molar-refractivity contribution in [2.75, 3.05) is 0 Å². The third-order valence-corrected chi connectivity index (χ3v) is 4.55. The van der Waals surface area contributed by atoms with Crippen LogP contribution in [-0.2, 0) is 11.3 Å². The van der Waals surface area contributed by atoms with E-state index < -0.39 is 0 Å². The average Bonchev–Trinajstić information content (AvgIpc) is 3.04. The van der Waals surface area contributed by atoms with E-state index >= 15 is 0 Å². The Bertz CT molecular complexity index is 727. The fourth-order valence-corrected chi connectivity index (χ4v) is 3.14. The molecule has 1 fully saturated rings. The van der Waals surface area contributed by atoms with Crippen LogP contribution >= 0.6 is 11.6 Å². The molecule has 0 bridgehead atoms. The standard InChI is InChI=1S/C18H21ClN4O/c1-2-3-4-5-8-16-11-18(24)22(16)12-15-13-23(21-20-15)17-9-6-7-14(19)10-17/h2,6-7,9-10,13,16H,1,3-5,8,11-12H2. The number of nitrogens with zero attached hydrogens (tertiary/aromatic N) is 4. The second-order valence-corrected chi connectivity index (χ2v) is 6.52. The number of benzene rings is 1. The Morgan fingerprint density at radius 1 is 1.38 bits per heavy atom. The zero-order chi connectivity index (χ0) is 16.9. The zero-order valence-electron chi connectivity index (χ0n) is 13.6. The van der Waals surface area contributed by atoms with E-state index in [2.05, 4.69) is 16.9 Å². The van der Waals surface area contributed by atoms with Gasteiger partial charge < -0.3 is 4.90 Å². The Labute approximate surface area is 146 Å². The molecule has 1 aliphatic rings. The molecule has 1 unspecified atom stereocenters. The Kier molecular flexibility index (Phi) is 5.30. The summed E-state index contributed by atoms with van der Waals surface area (Å²) in [5.74, 6) is 0.195. The number of likely N-dealkylation sites (tertiary alicyclic amines) is 1. The molecule has 1 atom stereocenters. The van der Waals surface area contributed by atoms with Gasteiger partial charge in [0, 0.05) is 17.5 Å². The van der Waals surface area contributed by atoms with Crippen LogP contribution in [-0.4, -0.2) is 31.8 Å². The van der Waals surface area contributed by atoms with Crippen molar-refractivity contribution in [3.63, 3.8) is 0 Å². The number of halogens is 1. The quantitative estimate of drug-likeness (QED) is 0.416. The molecule has 1 aromatic heterocycles. The topological polar surface area (TPSA) is 51.0 Å². The molecule has 6 heteroatoms. The van der Waals surface area contributed by atoms with Gasteiger partial charge in [-0.05, 0) is 37.5 Å². The normalized spacial score (nSPS) is 17.0. The van der Waals surface area contributed by atoms with Crippen LogP contribution in [0.2, 0.25) is 5.02 Å². The first-order valence-electron chi connectivity index (χ1n) is 8.25. The number of carbonyl (C=O) groups is 1. The fourth-order valence-electron chi connectivity index (χ4n) is 2.95. The van der Waals surface area contributed by atoms with Crippen molar-refractivity contribution in [1.82, 2.24) is 19.9 Å². The number of amides is 1. The predicted octanol–water partition coefficient (Wildman–Crippen LogP) is 3.77. The van der Waals surface area contributed by atoms with Gasteiger partial charge >= 0.3 is 0 Å². The summed E-state index contributed by atoms with van der Waals surface area (Å²) in [6.45, 7) is 4.26. The second kappa shape index (κ2) is 7.62. The summed E-state index contributed by atoms with van der Waals surface area (Å²) in [7, 11) is 0. The maximum Gasteiger partial charge on any atom is 0.225 e. The van der Waals surface area contributed by atoms with E-state index in [9.17, 15) is 4.79 Å². The molecule has 0 N–H and O–H groups in total. The van der Waals surface area contributed by atoms with Gasteiger partial charge in [-0.25, -0.2) is 4.68 Å². The van der Waals surface area contributed by atoms with E-state index in [4.69, 9.17) is 11.6 Å². The number of unbranched alkanes of at least 4 members (excludes halogenated alkanes) is 2. The van der Waals surface area contributed by atoms with Crippen LogP contribution in [0.1, 0.15) is 37.8 Å². The van der Waals surface area contributed by atoms with Gasteiger partial charge in [-0.1, -0.05) is 35.4 Å². The van der Waals surface area contributed by atoms with Crippen LogP contribution in [0.25, 0.3) is 5.69 Å². The van der Waals surface area contributed by atoms with E-state index in [1.54, 1.807) is 4.68 Å².